The Morgan fingerprint density at radius 2 is 1.31 bits per heavy atom. The Balaban J connectivity index is 4.45. The molecule has 0 fully saturated rings. The summed E-state index contributed by atoms with van der Waals surface area (Å²) in [5.74, 6) is 0. The molecule has 80 valence electrons. The molecule has 0 aromatic heterocycles. The van der Waals surface area contributed by atoms with Gasteiger partial charge in [0.25, 0.3) is 0 Å². The van der Waals surface area contributed by atoms with Crippen molar-refractivity contribution in [1.29, 1.82) is 0 Å². The first kappa shape index (κ1) is 13.5. The average Bonchev–Trinajstić information content (AvgIpc) is 2.19. The predicted molar refractivity (Wildman–Crippen MR) is 66.1 cm³/mol. The maximum absolute atomic E-state index is 2.45. The van der Waals surface area contributed by atoms with E-state index in [1.54, 1.807) is 15.8 Å². The van der Waals surface area contributed by atoms with Crippen molar-refractivity contribution in [3.63, 3.8) is 0 Å². The molecule has 0 aliphatic carbocycles. The minimum atomic E-state index is -1.40. The molecule has 0 aliphatic heterocycles. The summed E-state index contributed by atoms with van der Waals surface area (Å²) in [5, 5.41) is 4.64. The van der Waals surface area contributed by atoms with Gasteiger partial charge in [-0.15, -0.1) is 0 Å². The van der Waals surface area contributed by atoms with Crippen molar-refractivity contribution in [3.05, 3.63) is 0 Å². The van der Waals surface area contributed by atoms with Crippen LogP contribution >= 0.6 is 0 Å². The van der Waals surface area contributed by atoms with E-state index in [9.17, 15) is 0 Å². The molecule has 0 aromatic rings. The second-order valence-electron chi connectivity index (χ2n) is 4.32. The van der Waals surface area contributed by atoms with Gasteiger partial charge in [-0.2, -0.15) is 0 Å². The Bertz CT molecular complexity index is 108. The molecule has 1 atom stereocenters. The van der Waals surface area contributed by atoms with Crippen LogP contribution in [0.15, 0.2) is 0 Å². The summed E-state index contributed by atoms with van der Waals surface area (Å²) >= 11 is -1.40. The van der Waals surface area contributed by atoms with Crippen molar-refractivity contribution in [2.24, 2.45) is 0 Å². The van der Waals surface area contributed by atoms with Crippen LogP contribution in [-0.2, 0) is 0 Å². The number of hydrogen-bond donors (Lipinski definition) is 0. The molecule has 13 heavy (non-hydrogen) atoms. The van der Waals surface area contributed by atoms with Crippen LogP contribution in [0.5, 0.6) is 0 Å². The first-order chi connectivity index (χ1) is 6.20. The van der Waals surface area contributed by atoms with Crippen LogP contribution in [0.1, 0.15) is 53.9 Å². The van der Waals surface area contributed by atoms with Gasteiger partial charge in [0.1, 0.15) is 0 Å². The summed E-state index contributed by atoms with van der Waals surface area (Å²) in [5.41, 5.74) is 0. The van der Waals surface area contributed by atoms with E-state index in [4.69, 9.17) is 0 Å². The third-order valence-electron chi connectivity index (χ3n) is 4.11. The summed E-state index contributed by atoms with van der Waals surface area (Å²) in [6.07, 6.45) is 4.35. The summed E-state index contributed by atoms with van der Waals surface area (Å²) in [6.45, 7) is 12.1. The Hall–Kier alpha value is 0.543. The van der Waals surface area contributed by atoms with Crippen LogP contribution in [-0.4, -0.2) is 13.3 Å². The molecule has 1 heteroatoms. The van der Waals surface area contributed by atoms with E-state index < -0.39 is 13.3 Å². The van der Waals surface area contributed by atoms with Gasteiger partial charge in [-0.05, 0) is 0 Å². The van der Waals surface area contributed by atoms with E-state index in [0.717, 1.165) is 4.75 Å². The molecule has 0 radical (unpaired) electrons. The van der Waals surface area contributed by atoms with Crippen molar-refractivity contribution in [3.8, 4) is 0 Å². The molecular formula is C12H28Ge. The average molecular weight is 245 g/mol. The van der Waals surface area contributed by atoms with Gasteiger partial charge in [0.15, 0.2) is 0 Å². The summed E-state index contributed by atoms with van der Waals surface area (Å²) in [6, 6.07) is 0. The predicted octanol–water partition coefficient (Wildman–Crippen LogP) is 5.08. The third-order valence-corrected chi connectivity index (χ3v) is 18.1. The third kappa shape index (κ3) is 3.30. The zero-order chi connectivity index (χ0) is 10.3. The van der Waals surface area contributed by atoms with Gasteiger partial charge in [-0.25, -0.2) is 0 Å². The molecule has 0 amide bonds. The van der Waals surface area contributed by atoms with Crippen LogP contribution in [0, 0.1) is 0 Å². The standard InChI is InChI=1S/C12H28Ge/c1-6-11-12(7-2)13(8-3,9-4)10-5/h12H,6-11H2,1-5H3. The number of hydrogen-bond acceptors (Lipinski definition) is 0. The maximum atomic E-state index is 2.45. The van der Waals surface area contributed by atoms with Crippen molar-refractivity contribution < 1.29 is 0 Å². The molecule has 0 spiro atoms. The molecule has 0 saturated heterocycles. The molecule has 0 saturated carbocycles. The zero-order valence-electron chi connectivity index (χ0n) is 10.3. The second kappa shape index (κ2) is 6.92. The molecule has 0 rings (SSSR count). The van der Waals surface area contributed by atoms with Gasteiger partial charge < -0.3 is 0 Å². The molecule has 1 unspecified atom stereocenters. The SMILES string of the molecule is CCC[CH](CC)[Ge]([CH2]C)([CH2]C)[CH2]C. The normalized spacial score (nSPS) is 14.5. The van der Waals surface area contributed by atoms with Crippen molar-refractivity contribution in [2.75, 3.05) is 0 Å². The molecule has 0 N–H and O–H groups in total. The minimum absolute atomic E-state index is 1.14. The molecular weight excluding hydrogens is 217 g/mol. The number of rotatable bonds is 7. The van der Waals surface area contributed by atoms with Crippen LogP contribution in [0.2, 0.25) is 20.5 Å². The van der Waals surface area contributed by atoms with Gasteiger partial charge in [0.2, 0.25) is 0 Å². The molecule has 0 aliphatic rings. The monoisotopic (exact) mass is 246 g/mol. The Morgan fingerprint density at radius 3 is 1.54 bits per heavy atom. The van der Waals surface area contributed by atoms with Crippen molar-refractivity contribution in [2.45, 2.75) is 74.4 Å². The molecule has 0 heterocycles. The topological polar surface area (TPSA) is 0 Å². The Kier molecular flexibility index (Phi) is 7.21. The molecule has 0 bridgehead atoms. The summed E-state index contributed by atoms with van der Waals surface area (Å²) in [4.78, 5) is 0. The van der Waals surface area contributed by atoms with Gasteiger partial charge in [0, 0.05) is 0 Å². The van der Waals surface area contributed by atoms with Crippen molar-refractivity contribution in [1.82, 2.24) is 0 Å². The fourth-order valence-electron chi connectivity index (χ4n) is 2.91. The van der Waals surface area contributed by atoms with Gasteiger partial charge >= 0.3 is 87.7 Å². The van der Waals surface area contributed by atoms with E-state index in [0.29, 0.717) is 0 Å². The van der Waals surface area contributed by atoms with E-state index in [-0.39, 0.29) is 0 Å². The van der Waals surface area contributed by atoms with E-state index in [1.807, 2.05) is 0 Å². The van der Waals surface area contributed by atoms with E-state index in [1.165, 1.54) is 19.3 Å². The fraction of sp³-hybridized carbons (Fsp3) is 1.00. The quantitative estimate of drug-likeness (QED) is 0.549. The summed E-state index contributed by atoms with van der Waals surface area (Å²) in [7, 11) is 0. The van der Waals surface area contributed by atoms with E-state index >= 15 is 0 Å². The van der Waals surface area contributed by atoms with Gasteiger partial charge in [-0.1, -0.05) is 0 Å². The first-order valence-corrected chi connectivity index (χ1v) is 11.9. The van der Waals surface area contributed by atoms with Gasteiger partial charge in [0.05, 0.1) is 0 Å². The van der Waals surface area contributed by atoms with Crippen LogP contribution < -0.4 is 0 Å². The van der Waals surface area contributed by atoms with E-state index in [2.05, 4.69) is 34.6 Å². The zero-order valence-corrected chi connectivity index (χ0v) is 12.4. The first-order valence-electron chi connectivity index (χ1n) is 6.20. The van der Waals surface area contributed by atoms with Crippen LogP contribution in [0.3, 0.4) is 0 Å². The second-order valence-corrected chi connectivity index (χ2v) is 16.2. The Labute approximate surface area is 87.9 Å². The van der Waals surface area contributed by atoms with Gasteiger partial charge in [-0.3, -0.25) is 0 Å². The molecule has 0 aromatic carbocycles. The van der Waals surface area contributed by atoms with Crippen LogP contribution in [0.25, 0.3) is 0 Å². The Morgan fingerprint density at radius 1 is 0.846 bits per heavy atom. The van der Waals surface area contributed by atoms with Crippen molar-refractivity contribution >= 4 is 13.3 Å². The summed E-state index contributed by atoms with van der Waals surface area (Å²) < 4.78 is 1.14. The molecule has 0 nitrogen and oxygen atoms in total. The fourth-order valence-corrected chi connectivity index (χ4v) is 13.4. The van der Waals surface area contributed by atoms with Crippen LogP contribution in [0.4, 0.5) is 0 Å².